The molecular formula is C19H21N3O4. The van der Waals surface area contributed by atoms with Gasteiger partial charge in [-0.3, -0.25) is 4.79 Å². The Morgan fingerprint density at radius 3 is 2.69 bits per heavy atom. The second-order valence-electron chi connectivity index (χ2n) is 5.61. The molecule has 1 heterocycles. The van der Waals surface area contributed by atoms with Crippen molar-refractivity contribution >= 4 is 17.3 Å². The van der Waals surface area contributed by atoms with E-state index in [0.717, 1.165) is 17.0 Å². The van der Waals surface area contributed by atoms with Crippen LogP contribution >= 0.6 is 0 Å². The lowest BCUT2D eigenvalue weighted by Gasteiger charge is -2.07. The number of hydrogen-bond donors (Lipinski definition) is 2. The van der Waals surface area contributed by atoms with Crippen LogP contribution in [0.3, 0.4) is 0 Å². The average Bonchev–Trinajstić information content (AvgIpc) is 3.13. The van der Waals surface area contributed by atoms with Crippen molar-refractivity contribution in [3.63, 3.8) is 0 Å². The third-order valence-corrected chi connectivity index (χ3v) is 3.76. The van der Waals surface area contributed by atoms with Crippen molar-refractivity contribution in [1.29, 1.82) is 0 Å². The van der Waals surface area contributed by atoms with Gasteiger partial charge in [0.05, 0.1) is 18.9 Å². The van der Waals surface area contributed by atoms with Gasteiger partial charge in [-0.05, 0) is 55.8 Å². The summed E-state index contributed by atoms with van der Waals surface area (Å²) in [5, 5.41) is 7.16. The average molecular weight is 355 g/mol. The van der Waals surface area contributed by atoms with Gasteiger partial charge in [-0.15, -0.1) is 0 Å². The van der Waals surface area contributed by atoms with E-state index in [4.69, 9.17) is 14.2 Å². The largest absolute Gasteiger partial charge is 0.494 e. The van der Waals surface area contributed by atoms with Crippen LogP contribution < -0.4 is 25.0 Å². The number of carbonyl (C=O) groups excluding carboxylic acids is 1. The molecule has 0 aliphatic carbocycles. The van der Waals surface area contributed by atoms with E-state index < -0.39 is 0 Å². The normalized spacial score (nSPS) is 12.6. The Labute approximate surface area is 152 Å². The fourth-order valence-electron chi connectivity index (χ4n) is 2.40. The van der Waals surface area contributed by atoms with E-state index in [9.17, 15) is 4.79 Å². The first-order valence-corrected chi connectivity index (χ1v) is 8.35. The Bertz CT molecular complexity index is 803. The van der Waals surface area contributed by atoms with Crippen LogP contribution in [0.4, 0.5) is 5.69 Å². The molecule has 7 nitrogen and oxygen atoms in total. The van der Waals surface area contributed by atoms with Crippen LogP contribution in [0, 0.1) is 0 Å². The number of amides is 1. The van der Waals surface area contributed by atoms with Crippen LogP contribution in [0.5, 0.6) is 17.2 Å². The van der Waals surface area contributed by atoms with Crippen LogP contribution in [-0.4, -0.2) is 31.6 Å². The highest BCUT2D eigenvalue weighted by atomic mass is 16.7. The molecule has 0 unspecified atom stereocenters. The predicted octanol–water partition coefficient (Wildman–Crippen LogP) is 2.77. The fourth-order valence-corrected chi connectivity index (χ4v) is 2.40. The molecule has 7 heteroatoms. The van der Waals surface area contributed by atoms with Crippen molar-refractivity contribution in [3.05, 3.63) is 48.0 Å². The van der Waals surface area contributed by atoms with Crippen LogP contribution in [0.2, 0.25) is 0 Å². The van der Waals surface area contributed by atoms with E-state index in [2.05, 4.69) is 15.8 Å². The molecule has 26 heavy (non-hydrogen) atoms. The van der Waals surface area contributed by atoms with Crippen LogP contribution in [-0.2, 0) is 4.79 Å². The van der Waals surface area contributed by atoms with Gasteiger partial charge in [0.1, 0.15) is 5.75 Å². The number of hydrogen-bond acceptors (Lipinski definition) is 6. The number of ether oxygens (including phenoxy) is 3. The lowest BCUT2D eigenvalue weighted by Crippen LogP contribution is -2.26. The van der Waals surface area contributed by atoms with Crippen LogP contribution in [0.1, 0.15) is 19.4 Å². The number of nitrogens with zero attached hydrogens (tertiary/aromatic N) is 1. The molecule has 0 fully saturated rings. The van der Waals surface area contributed by atoms with Gasteiger partial charge in [-0.2, -0.15) is 5.10 Å². The van der Waals surface area contributed by atoms with E-state index in [-0.39, 0.29) is 19.2 Å². The lowest BCUT2D eigenvalue weighted by atomic mass is 10.1. The summed E-state index contributed by atoms with van der Waals surface area (Å²) in [6.45, 7) is 4.71. The molecule has 1 amide bonds. The van der Waals surface area contributed by atoms with Gasteiger partial charge in [0.25, 0.3) is 5.91 Å². The second-order valence-corrected chi connectivity index (χ2v) is 5.61. The summed E-state index contributed by atoms with van der Waals surface area (Å²) in [7, 11) is 0. The van der Waals surface area contributed by atoms with Gasteiger partial charge in [-0.25, -0.2) is 5.43 Å². The van der Waals surface area contributed by atoms with Gasteiger partial charge < -0.3 is 19.5 Å². The molecule has 2 aromatic rings. The zero-order valence-corrected chi connectivity index (χ0v) is 14.7. The number of rotatable bonds is 7. The maximum Gasteiger partial charge on any atom is 0.259 e. The zero-order chi connectivity index (χ0) is 18.4. The van der Waals surface area contributed by atoms with Crippen molar-refractivity contribution in [2.75, 3.05) is 25.3 Å². The summed E-state index contributed by atoms with van der Waals surface area (Å²) in [4.78, 5) is 12.0. The molecule has 1 aliphatic rings. The van der Waals surface area contributed by atoms with Crippen LogP contribution in [0.25, 0.3) is 0 Å². The van der Waals surface area contributed by atoms with E-state index in [1.54, 1.807) is 12.1 Å². The lowest BCUT2D eigenvalue weighted by molar-refractivity contribution is -0.119. The van der Waals surface area contributed by atoms with Gasteiger partial charge >= 0.3 is 0 Å². The Kier molecular flexibility index (Phi) is 5.58. The Morgan fingerprint density at radius 2 is 1.92 bits per heavy atom. The molecule has 3 rings (SSSR count). The monoisotopic (exact) mass is 355 g/mol. The molecule has 0 spiro atoms. The van der Waals surface area contributed by atoms with E-state index in [1.807, 2.05) is 44.2 Å². The Balaban J connectivity index is 1.50. The van der Waals surface area contributed by atoms with Gasteiger partial charge in [0.15, 0.2) is 11.5 Å². The quantitative estimate of drug-likeness (QED) is 0.590. The first-order chi connectivity index (χ1) is 12.7. The Morgan fingerprint density at radius 1 is 1.15 bits per heavy atom. The third kappa shape index (κ3) is 4.44. The molecule has 2 N–H and O–H groups in total. The molecule has 0 bridgehead atoms. The fraction of sp³-hybridized carbons (Fsp3) is 0.263. The summed E-state index contributed by atoms with van der Waals surface area (Å²) >= 11 is 0. The number of carbonyl (C=O) groups is 1. The van der Waals surface area contributed by atoms with Gasteiger partial charge in [0.2, 0.25) is 6.79 Å². The minimum atomic E-state index is -0.243. The van der Waals surface area contributed by atoms with Crippen molar-refractivity contribution in [2.45, 2.75) is 13.8 Å². The van der Waals surface area contributed by atoms with Gasteiger partial charge in [0, 0.05) is 11.8 Å². The van der Waals surface area contributed by atoms with Crippen LogP contribution in [0.15, 0.2) is 47.6 Å². The Hall–Kier alpha value is -3.22. The predicted molar refractivity (Wildman–Crippen MR) is 99.0 cm³/mol. The first-order valence-electron chi connectivity index (χ1n) is 8.35. The minimum absolute atomic E-state index is 0.0969. The summed E-state index contributed by atoms with van der Waals surface area (Å²) < 4.78 is 16.0. The molecule has 2 aromatic carbocycles. The zero-order valence-electron chi connectivity index (χ0n) is 14.7. The standard InChI is InChI=1S/C19H21N3O4/c1-3-24-16-7-4-14(5-8-16)13(2)21-22-19(23)11-20-15-6-9-17-18(10-15)26-12-25-17/h4-10,20H,3,11-12H2,1-2H3,(H,22,23)/b21-13-. The number of benzene rings is 2. The molecule has 0 aromatic heterocycles. The number of hydrazone groups is 1. The van der Waals surface area contributed by atoms with E-state index in [1.165, 1.54) is 0 Å². The highest BCUT2D eigenvalue weighted by Crippen LogP contribution is 2.34. The summed E-state index contributed by atoms with van der Waals surface area (Å²) in [6.07, 6.45) is 0. The molecular weight excluding hydrogens is 334 g/mol. The summed E-state index contributed by atoms with van der Waals surface area (Å²) in [5.74, 6) is 1.93. The number of nitrogens with one attached hydrogen (secondary N) is 2. The number of fused-ring (bicyclic) bond motifs is 1. The van der Waals surface area contributed by atoms with Crippen molar-refractivity contribution in [3.8, 4) is 17.2 Å². The maximum atomic E-state index is 12.0. The summed E-state index contributed by atoms with van der Waals surface area (Å²) in [6, 6.07) is 13.0. The maximum absolute atomic E-state index is 12.0. The molecule has 0 saturated heterocycles. The molecule has 136 valence electrons. The van der Waals surface area contributed by atoms with Crippen molar-refractivity contribution in [1.82, 2.24) is 5.43 Å². The molecule has 1 aliphatic heterocycles. The second kappa shape index (κ2) is 8.24. The first kappa shape index (κ1) is 17.6. The SMILES string of the molecule is CCOc1ccc(/C(C)=N\NC(=O)CNc2ccc3c(c2)OCO3)cc1. The molecule has 0 saturated carbocycles. The highest BCUT2D eigenvalue weighted by Gasteiger charge is 2.13. The van der Waals surface area contributed by atoms with E-state index >= 15 is 0 Å². The molecule has 0 radical (unpaired) electrons. The number of anilines is 1. The highest BCUT2D eigenvalue weighted by molar-refractivity contribution is 5.99. The topological polar surface area (TPSA) is 81.2 Å². The van der Waals surface area contributed by atoms with E-state index in [0.29, 0.717) is 23.8 Å². The van der Waals surface area contributed by atoms with Crippen molar-refractivity contribution in [2.24, 2.45) is 5.10 Å². The minimum Gasteiger partial charge on any atom is -0.494 e. The smallest absolute Gasteiger partial charge is 0.259 e. The third-order valence-electron chi connectivity index (χ3n) is 3.76. The molecule has 0 atom stereocenters. The van der Waals surface area contributed by atoms with Crippen molar-refractivity contribution < 1.29 is 19.0 Å². The van der Waals surface area contributed by atoms with Gasteiger partial charge in [-0.1, -0.05) is 0 Å². The summed E-state index contributed by atoms with van der Waals surface area (Å²) in [5.41, 5.74) is 4.94.